The maximum Gasteiger partial charge on any atom is 0.333 e. The van der Waals surface area contributed by atoms with Gasteiger partial charge in [-0.2, -0.15) is 19.1 Å². The number of benzene rings is 3. The Morgan fingerprint density at radius 3 is 2.57 bits per heavy atom. The number of hydrogen-bond donors (Lipinski definition) is 0. The first-order valence-electron chi connectivity index (χ1n) is 11.2. The lowest BCUT2D eigenvalue weighted by atomic mass is 10.0. The van der Waals surface area contributed by atoms with Crippen LogP contribution in [0.4, 0.5) is 8.78 Å². The van der Waals surface area contributed by atoms with Gasteiger partial charge in [-0.15, -0.1) is 5.10 Å². The molecular weight excluding hydrogens is 544 g/mol. The summed E-state index contributed by atoms with van der Waals surface area (Å²) >= 11 is 3.49. The first kappa shape index (κ1) is 24.5. The van der Waals surface area contributed by atoms with Crippen LogP contribution in [0.1, 0.15) is 33.8 Å². The van der Waals surface area contributed by atoms with E-state index in [9.17, 15) is 5.26 Å². The topological polar surface area (TPSA) is 94.4 Å². The average molecular weight is 564 g/mol. The van der Waals surface area contributed by atoms with Gasteiger partial charge in [0.25, 0.3) is 0 Å². The summed E-state index contributed by atoms with van der Waals surface area (Å²) in [5.41, 5.74) is 2.89. The third-order valence-corrected chi connectivity index (χ3v) is 6.89. The second-order valence-corrected chi connectivity index (χ2v) is 9.29. The lowest BCUT2D eigenvalue weighted by Gasteiger charge is -2.17. The van der Waals surface area contributed by atoms with Crippen molar-refractivity contribution in [3.05, 3.63) is 98.9 Å². The summed E-state index contributed by atoms with van der Waals surface area (Å²) in [7, 11) is 1.56. The molecule has 0 fully saturated rings. The largest absolute Gasteiger partial charge is 0.497 e. The minimum absolute atomic E-state index is 0.0696. The van der Waals surface area contributed by atoms with E-state index >= 15 is 8.78 Å². The highest BCUT2D eigenvalue weighted by atomic mass is 79.9. The molecule has 0 aliphatic carbocycles. The van der Waals surface area contributed by atoms with Gasteiger partial charge in [0.05, 0.1) is 43.0 Å². The van der Waals surface area contributed by atoms with Crippen LogP contribution in [0.3, 0.4) is 0 Å². The highest BCUT2D eigenvalue weighted by Gasteiger charge is 2.40. The number of fused-ring (bicyclic) bond motifs is 1. The molecule has 0 aliphatic rings. The van der Waals surface area contributed by atoms with E-state index < -0.39 is 11.7 Å². The molecule has 8 nitrogen and oxygen atoms in total. The van der Waals surface area contributed by atoms with E-state index in [0.717, 1.165) is 25.7 Å². The summed E-state index contributed by atoms with van der Waals surface area (Å²) in [5, 5.41) is 25.8. The van der Waals surface area contributed by atoms with Gasteiger partial charge in [0.1, 0.15) is 5.75 Å². The summed E-state index contributed by atoms with van der Waals surface area (Å²) in [5.74, 6) is -3.38. The summed E-state index contributed by atoms with van der Waals surface area (Å²) < 4.78 is 40.2. The van der Waals surface area contributed by atoms with Crippen LogP contribution in [0.2, 0.25) is 0 Å². The van der Waals surface area contributed by atoms with E-state index in [1.54, 1.807) is 54.3 Å². The van der Waals surface area contributed by atoms with Gasteiger partial charge in [-0.3, -0.25) is 4.68 Å². The van der Waals surface area contributed by atoms with Crippen LogP contribution in [0.25, 0.3) is 10.9 Å². The van der Waals surface area contributed by atoms with Crippen LogP contribution in [0, 0.1) is 18.3 Å². The monoisotopic (exact) mass is 563 g/mol. The fourth-order valence-corrected chi connectivity index (χ4v) is 4.69. The summed E-state index contributed by atoms with van der Waals surface area (Å²) in [6.45, 7) is 2.12. The lowest BCUT2D eigenvalue weighted by Crippen LogP contribution is -2.23. The van der Waals surface area contributed by atoms with Crippen LogP contribution in [0.15, 0.2) is 65.1 Å². The van der Waals surface area contributed by atoms with Crippen LogP contribution in [-0.2, 0) is 19.0 Å². The third-order valence-electron chi connectivity index (χ3n) is 6.15. The molecule has 5 aromatic rings. The number of alkyl halides is 2. The standard InChI is InChI=1S/C26H20BrF2N7O/c1-16-21-11-8-19(12-24(21)35(32-16)15-22-18(13-30)4-3-5-23(22)27)26(28,29)25-31-33-34-36(25)14-17-6-9-20(37-2)10-7-17/h3-12H,14-15H2,1-2H3. The average Bonchev–Trinajstić information content (AvgIpc) is 3.50. The highest BCUT2D eigenvalue weighted by molar-refractivity contribution is 9.10. The van der Waals surface area contributed by atoms with Crippen molar-refractivity contribution in [2.75, 3.05) is 7.11 Å². The van der Waals surface area contributed by atoms with Crippen molar-refractivity contribution in [2.24, 2.45) is 0 Å². The molecule has 0 bridgehead atoms. The molecule has 0 spiro atoms. The Kier molecular flexibility index (Phi) is 6.43. The number of aryl methyl sites for hydroxylation is 1. The highest BCUT2D eigenvalue weighted by Crippen LogP contribution is 2.36. The normalized spacial score (nSPS) is 11.6. The second kappa shape index (κ2) is 9.71. The molecule has 0 radical (unpaired) electrons. The molecule has 0 N–H and O–H groups in total. The van der Waals surface area contributed by atoms with Crippen LogP contribution < -0.4 is 4.74 Å². The number of nitrogens with zero attached hydrogens (tertiary/aromatic N) is 7. The Balaban J connectivity index is 1.52. The van der Waals surface area contributed by atoms with E-state index in [4.69, 9.17) is 4.74 Å². The fourth-order valence-electron chi connectivity index (χ4n) is 4.20. The number of tetrazole rings is 1. The minimum atomic E-state index is -3.47. The van der Waals surface area contributed by atoms with Gasteiger partial charge in [0.2, 0.25) is 5.82 Å². The Hall–Kier alpha value is -4.17. The molecule has 2 aromatic heterocycles. The van der Waals surface area contributed by atoms with Crippen molar-refractivity contribution >= 4 is 26.8 Å². The van der Waals surface area contributed by atoms with Crippen molar-refractivity contribution in [1.82, 2.24) is 30.0 Å². The summed E-state index contributed by atoms with van der Waals surface area (Å²) in [4.78, 5) is 0. The molecular formula is C26H20BrF2N7O. The van der Waals surface area contributed by atoms with Gasteiger partial charge in [0.15, 0.2) is 0 Å². The van der Waals surface area contributed by atoms with Crippen molar-refractivity contribution in [2.45, 2.75) is 25.9 Å². The molecule has 0 amide bonds. The number of rotatable bonds is 7. The molecule has 0 atom stereocenters. The molecule has 186 valence electrons. The van der Waals surface area contributed by atoms with Crippen LogP contribution >= 0.6 is 15.9 Å². The first-order chi connectivity index (χ1) is 17.8. The van der Waals surface area contributed by atoms with E-state index in [1.807, 2.05) is 13.0 Å². The Morgan fingerprint density at radius 2 is 1.84 bits per heavy atom. The number of aromatic nitrogens is 6. The van der Waals surface area contributed by atoms with Crippen LogP contribution in [0.5, 0.6) is 5.75 Å². The van der Waals surface area contributed by atoms with Gasteiger partial charge in [-0.1, -0.05) is 46.3 Å². The zero-order valence-corrected chi connectivity index (χ0v) is 21.4. The van der Waals surface area contributed by atoms with Crippen molar-refractivity contribution in [1.29, 1.82) is 5.26 Å². The molecule has 0 aliphatic heterocycles. The summed E-state index contributed by atoms with van der Waals surface area (Å²) in [6, 6.07) is 18.9. The zero-order chi connectivity index (χ0) is 26.2. The van der Waals surface area contributed by atoms with Gasteiger partial charge in [0, 0.05) is 21.0 Å². The van der Waals surface area contributed by atoms with Crippen molar-refractivity contribution in [3.8, 4) is 11.8 Å². The molecule has 2 heterocycles. The number of ether oxygens (including phenoxy) is 1. The second-order valence-electron chi connectivity index (χ2n) is 8.44. The van der Waals surface area contributed by atoms with Crippen LogP contribution in [-0.4, -0.2) is 37.1 Å². The fraction of sp³-hybridized carbons (Fsp3) is 0.192. The first-order valence-corrected chi connectivity index (χ1v) is 12.0. The molecule has 0 saturated heterocycles. The number of halogens is 3. The van der Waals surface area contributed by atoms with Gasteiger partial charge >= 0.3 is 5.92 Å². The predicted molar refractivity (Wildman–Crippen MR) is 135 cm³/mol. The Morgan fingerprint density at radius 1 is 1.05 bits per heavy atom. The van der Waals surface area contributed by atoms with Gasteiger partial charge in [-0.25, -0.2) is 4.68 Å². The lowest BCUT2D eigenvalue weighted by molar-refractivity contribution is 0.0281. The molecule has 37 heavy (non-hydrogen) atoms. The SMILES string of the molecule is COc1ccc(Cn2nnnc2C(F)(F)c2ccc3c(C)nn(Cc4c(Br)cccc4C#N)c3c2)cc1. The molecule has 11 heteroatoms. The number of nitriles is 1. The Labute approximate surface area is 219 Å². The predicted octanol–water partition coefficient (Wildman–Crippen LogP) is 5.21. The zero-order valence-electron chi connectivity index (χ0n) is 19.9. The van der Waals surface area contributed by atoms with Crippen molar-refractivity contribution in [3.63, 3.8) is 0 Å². The minimum Gasteiger partial charge on any atom is -0.497 e. The number of hydrogen-bond acceptors (Lipinski definition) is 6. The van der Waals surface area contributed by atoms with Crippen molar-refractivity contribution < 1.29 is 13.5 Å². The Bertz CT molecular complexity index is 1640. The van der Waals surface area contributed by atoms with E-state index in [2.05, 4.69) is 42.6 Å². The molecule has 0 saturated carbocycles. The number of methoxy groups -OCH3 is 1. The van der Waals surface area contributed by atoms with Gasteiger partial charge < -0.3 is 4.74 Å². The smallest absolute Gasteiger partial charge is 0.333 e. The van der Waals surface area contributed by atoms with E-state index in [1.165, 1.54) is 12.1 Å². The molecule has 3 aromatic carbocycles. The maximum absolute atomic E-state index is 15.8. The quantitative estimate of drug-likeness (QED) is 0.270. The third kappa shape index (κ3) is 4.56. The van der Waals surface area contributed by atoms with Gasteiger partial charge in [-0.05, 0) is 53.2 Å². The van der Waals surface area contributed by atoms with E-state index in [0.29, 0.717) is 22.5 Å². The molecule has 0 unspecified atom stereocenters. The van der Waals surface area contributed by atoms with E-state index in [-0.39, 0.29) is 18.7 Å². The maximum atomic E-state index is 15.8. The summed E-state index contributed by atoms with van der Waals surface area (Å²) in [6.07, 6.45) is 0. The molecule has 5 rings (SSSR count).